The third kappa shape index (κ3) is 2.84. The molecule has 0 saturated carbocycles. The van der Waals surface area contributed by atoms with Crippen LogP contribution in [0.4, 0.5) is 0 Å². The van der Waals surface area contributed by atoms with E-state index in [1.807, 2.05) is 84.9 Å². The molecule has 0 saturated heterocycles. The number of carbonyl (C=O) groups is 2. The highest BCUT2D eigenvalue weighted by molar-refractivity contribution is 6.19. The molecule has 3 aromatic rings. The van der Waals surface area contributed by atoms with E-state index in [4.69, 9.17) is 0 Å². The summed E-state index contributed by atoms with van der Waals surface area (Å²) in [4.78, 5) is 25.8. The number of benzene rings is 3. The average molecular weight is 362 g/mol. The second kappa shape index (κ2) is 6.58. The van der Waals surface area contributed by atoms with Gasteiger partial charge in [0, 0.05) is 35.1 Å². The predicted molar refractivity (Wildman–Crippen MR) is 111 cm³/mol. The van der Waals surface area contributed by atoms with Crippen LogP contribution in [0.25, 0.3) is 12.2 Å². The minimum absolute atomic E-state index is 0.0783. The van der Waals surface area contributed by atoms with Gasteiger partial charge in [-0.05, 0) is 46.5 Å². The van der Waals surface area contributed by atoms with Crippen LogP contribution >= 0.6 is 0 Å². The first-order valence-electron chi connectivity index (χ1n) is 9.45. The van der Waals surface area contributed by atoms with Gasteiger partial charge in [0.05, 0.1) is 0 Å². The van der Waals surface area contributed by atoms with Gasteiger partial charge < -0.3 is 0 Å². The molecule has 3 aromatic carbocycles. The summed E-state index contributed by atoms with van der Waals surface area (Å²) >= 11 is 0. The molecule has 2 heteroatoms. The monoisotopic (exact) mass is 362 g/mol. The van der Waals surface area contributed by atoms with Crippen LogP contribution in [0.15, 0.2) is 83.9 Å². The molecule has 0 N–H and O–H groups in total. The number of hydrogen-bond donors (Lipinski definition) is 0. The number of Topliss-reactive ketones (excluding diaryl/α,β-unsaturated/α-hetero) is 2. The van der Waals surface area contributed by atoms with Crippen molar-refractivity contribution in [2.75, 3.05) is 0 Å². The first kappa shape index (κ1) is 16.6. The zero-order chi connectivity index (χ0) is 19.1. The molecule has 2 aliphatic carbocycles. The van der Waals surface area contributed by atoms with Crippen LogP contribution in [0, 0.1) is 0 Å². The average Bonchev–Trinajstić information content (AvgIpc) is 3.19. The number of ketones is 2. The third-order valence-electron chi connectivity index (χ3n) is 5.44. The van der Waals surface area contributed by atoms with Gasteiger partial charge in [-0.1, -0.05) is 60.7 Å². The molecule has 0 aromatic heterocycles. The van der Waals surface area contributed by atoms with Crippen LogP contribution in [0.1, 0.15) is 43.0 Å². The molecule has 134 valence electrons. The Bertz CT molecular complexity index is 1070. The van der Waals surface area contributed by atoms with Crippen LogP contribution in [0.5, 0.6) is 0 Å². The third-order valence-corrected chi connectivity index (χ3v) is 5.44. The quantitative estimate of drug-likeness (QED) is 0.577. The highest BCUT2D eigenvalue weighted by Crippen LogP contribution is 2.35. The van der Waals surface area contributed by atoms with Gasteiger partial charge in [0.25, 0.3) is 0 Å². The largest absolute Gasteiger partial charge is 0.289 e. The number of allylic oxidation sites excluding steroid dienone is 2. The molecular formula is C26H18O2. The molecule has 0 heterocycles. The van der Waals surface area contributed by atoms with Crippen LogP contribution in [0.2, 0.25) is 0 Å². The molecule has 28 heavy (non-hydrogen) atoms. The highest BCUT2D eigenvalue weighted by atomic mass is 16.1. The second-order valence-corrected chi connectivity index (χ2v) is 7.34. The molecular weight excluding hydrogens is 344 g/mol. The molecule has 5 rings (SSSR count). The molecule has 0 spiro atoms. The van der Waals surface area contributed by atoms with Crippen molar-refractivity contribution in [1.29, 1.82) is 0 Å². The van der Waals surface area contributed by atoms with Gasteiger partial charge in [-0.15, -0.1) is 0 Å². The lowest BCUT2D eigenvalue weighted by atomic mass is 10.0. The van der Waals surface area contributed by atoms with Crippen molar-refractivity contribution in [2.24, 2.45) is 0 Å². The van der Waals surface area contributed by atoms with E-state index in [2.05, 4.69) is 0 Å². The van der Waals surface area contributed by atoms with Crippen LogP contribution in [-0.4, -0.2) is 11.6 Å². The summed E-state index contributed by atoms with van der Waals surface area (Å²) in [6.07, 6.45) is 5.08. The van der Waals surface area contributed by atoms with Crippen molar-refractivity contribution in [2.45, 2.75) is 12.8 Å². The Labute approximate surface area is 163 Å². The van der Waals surface area contributed by atoms with E-state index in [0.717, 1.165) is 44.5 Å². The summed E-state index contributed by atoms with van der Waals surface area (Å²) in [5.41, 5.74) is 7.03. The summed E-state index contributed by atoms with van der Waals surface area (Å²) < 4.78 is 0. The Kier molecular flexibility index (Phi) is 3.91. The zero-order valence-corrected chi connectivity index (χ0v) is 15.3. The molecule has 0 atom stereocenters. The van der Waals surface area contributed by atoms with Gasteiger partial charge in [0.2, 0.25) is 0 Å². The molecule has 0 amide bonds. The molecule has 2 nitrogen and oxygen atoms in total. The number of carbonyl (C=O) groups excluding carboxylic acids is 2. The smallest absolute Gasteiger partial charge is 0.189 e. The fraction of sp³-hybridized carbons (Fsp3) is 0.0769. The summed E-state index contributed by atoms with van der Waals surface area (Å²) in [7, 11) is 0. The molecule has 0 unspecified atom stereocenters. The lowest BCUT2D eigenvalue weighted by Gasteiger charge is -2.01. The Hall–Kier alpha value is -3.52. The van der Waals surface area contributed by atoms with E-state index in [0.29, 0.717) is 12.8 Å². The maximum Gasteiger partial charge on any atom is 0.189 e. The molecule has 0 fully saturated rings. The van der Waals surface area contributed by atoms with Crippen molar-refractivity contribution in [3.05, 3.63) is 117 Å². The van der Waals surface area contributed by atoms with Gasteiger partial charge in [-0.2, -0.15) is 0 Å². The van der Waals surface area contributed by atoms with Gasteiger partial charge >= 0.3 is 0 Å². The second-order valence-electron chi connectivity index (χ2n) is 7.34. The van der Waals surface area contributed by atoms with Crippen molar-refractivity contribution in [3.63, 3.8) is 0 Å². The standard InChI is InChI=1S/C26H18O2/c27-25-21(11-17-7-3-1-4-8-17)13-19-15-24-20(16-23(19)25)14-22(26(24)28)12-18-9-5-2-6-10-18/h1-12,15-16H,13-14H2/b21-11-,22-12-. The van der Waals surface area contributed by atoms with E-state index in [1.165, 1.54) is 0 Å². The Morgan fingerprint density at radius 1 is 0.571 bits per heavy atom. The maximum atomic E-state index is 12.9. The SMILES string of the molecule is O=C1/C(=C\c2ccccc2)Cc2cc3c(cc21)C/C(=C/c1ccccc1)C3=O. The number of rotatable bonds is 2. The minimum atomic E-state index is 0.0783. The lowest BCUT2D eigenvalue weighted by molar-refractivity contribution is 0.103. The Morgan fingerprint density at radius 2 is 0.964 bits per heavy atom. The fourth-order valence-corrected chi connectivity index (χ4v) is 4.06. The Morgan fingerprint density at radius 3 is 1.36 bits per heavy atom. The topological polar surface area (TPSA) is 34.1 Å². The van der Waals surface area contributed by atoms with E-state index in [1.54, 1.807) is 0 Å². The fourth-order valence-electron chi connectivity index (χ4n) is 4.06. The lowest BCUT2D eigenvalue weighted by Crippen LogP contribution is -1.98. The summed E-state index contributed by atoms with van der Waals surface area (Å²) in [6, 6.07) is 23.6. The normalized spacial score (nSPS) is 18.0. The summed E-state index contributed by atoms with van der Waals surface area (Å²) in [6.45, 7) is 0. The first-order chi connectivity index (χ1) is 13.7. The molecule has 0 aliphatic heterocycles. The van der Waals surface area contributed by atoms with Gasteiger partial charge in [-0.25, -0.2) is 0 Å². The predicted octanol–water partition coefficient (Wildman–Crippen LogP) is 5.33. The van der Waals surface area contributed by atoms with Crippen LogP contribution in [-0.2, 0) is 12.8 Å². The van der Waals surface area contributed by atoms with Crippen molar-refractivity contribution in [3.8, 4) is 0 Å². The van der Waals surface area contributed by atoms with Gasteiger partial charge in [-0.3, -0.25) is 9.59 Å². The molecule has 0 bridgehead atoms. The Balaban J connectivity index is 1.48. The van der Waals surface area contributed by atoms with E-state index in [-0.39, 0.29) is 11.6 Å². The van der Waals surface area contributed by atoms with Crippen LogP contribution in [0.3, 0.4) is 0 Å². The molecule has 0 radical (unpaired) electrons. The first-order valence-corrected chi connectivity index (χ1v) is 9.45. The summed E-state index contributed by atoms with van der Waals surface area (Å²) in [5.74, 6) is 0.157. The van der Waals surface area contributed by atoms with Crippen LogP contribution < -0.4 is 0 Å². The molecule has 2 aliphatic rings. The minimum Gasteiger partial charge on any atom is -0.289 e. The zero-order valence-electron chi connectivity index (χ0n) is 15.3. The van der Waals surface area contributed by atoms with E-state index >= 15 is 0 Å². The van der Waals surface area contributed by atoms with Gasteiger partial charge in [0.1, 0.15) is 0 Å². The van der Waals surface area contributed by atoms with E-state index < -0.39 is 0 Å². The summed E-state index contributed by atoms with van der Waals surface area (Å²) in [5, 5.41) is 0. The van der Waals surface area contributed by atoms with Crippen molar-refractivity contribution in [1.82, 2.24) is 0 Å². The van der Waals surface area contributed by atoms with Gasteiger partial charge in [0.15, 0.2) is 11.6 Å². The van der Waals surface area contributed by atoms with E-state index in [9.17, 15) is 9.59 Å². The maximum absolute atomic E-state index is 12.9. The van der Waals surface area contributed by atoms with Crippen molar-refractivity contribution < 1.29 is 9.59 Å². The number of hydrogen-bond acceptors (Lipinski definition) is 2. The number of fused-ring (bicyclic) bond motifs is 2. The van der Waals surface area contributed by atoms with Crippen molar-refractivity contribution >= 4 is 23.7 Å². The highest BCUT2D eigenvalue weighted by Gasteiger charge is 2.31.